The molecule has 1 saturated heterocycles. The van der Waals surface area contributed by atoms with Crippen LogP contribution in [0, 0.1) is 17.6 Å². The average molecular weight is 313 g/mol. The molecule has 114 valence electrons. The van der Waals surface area contributed by atoms with Gasteiger partial charge in [-0.25, -0.2) is 8.78 Å². The largest absolute Gasteiger partial charge is 0.389 e. The number of thiocarbonyl (C=S) groups is 1. The number of nitrogens with one attached hydrogen (secondary N) is 1. The quantitative estimate of drug-likeness (QED) is 0.832. The van der Waals surface area contributed by atoms with Crippen LogP contribution in [-0.2, 0) is 4.79 Å². The summed E-state index contributed by atoms with van der Waals surface area (Å²) < 4.78 is 28.1. The van der Waals surface area contributed by atoms with Crippen LogP contribution in [0.4, 0.5) is 14.5 Å². The monoisotopic (exact) mass is 313 g/mol. The lowest BCUT2D eigenvalue weighted by Gasteiger charge is -2.33. The van der Waals surface area contributed by atoms with Crippen LogP contribution in [0.2, 0.25) is 0 Å². The number of carbonyl (C=O) groups is 1. The summed E-state index contributed by atoms with van der Waals surface area (Å²) in [5.74, 6) is -2.32. The van der Waals surface area contributed by atoms with Gasteiger partial charge in [0.1, 0.15) is 4.99 Å². The maximum absolute atomic E-state index is 14.2. The van der Waals surface area contributed by atoms with Gasteiger partial charge in [-0.1, -0.05) is 12.2 Å². The summed E-state index contributed by atoms with van der Waals surface area (Å²) in [7, 11) is 1.57. The number of nitrogens with zero attached hydrogens (tertiary/aromatic N) is 1. The zero-order chi connectivity index (χ0) is 15.6. The highest BCUT2D eigenvalue weighted by Crippen LogP contribution is 2.28. The maximum atomic E-state index is 14.2. The Labute approximate surface area is 127 Å². The number of carbonyl (C=O) groups excluding carboxylic acids is 1. The second-order valence-electron chi connectivity index (χ2n) is 5.02. The molecule has 1 aromatic rings. The molecule has 0 saturated carbocycles. The minimum Gasteiger partial charge on any atom is -0.389 e. The van der Waals surface area contributed by atoms with E-state index in [4.69, 9.17) is 5.73 Å². The topological polar surface area (TPSA) is 58.4 Å². The van der Waals surface area contributed by atoms with Crippen LogP contribution in [0.5, 0.6) is 0 Å². The molecule has 0 aromatic heterocycles. The van der Waals surface area contributed by atoms with Crippen LogP contribution < -0.4 is 16.0 Å². The Kier molecular flexibility index (Phi) is 4.72. The molecule has 7 heteroatoms. The van der Waals surface area contributed by atoms with E-state index in [2.05, 4.69) is 17.5 Å². The molecule has 2 rings (SSSR count). The Morgan fingerprint density at radius 2 is 2.14 bits per heavy atom. The molecule has 1 atom stereocenters. The lowest BCUT2D eigenvalue weighted by atomic mass is 9.96. The van der Waals surface area contributed by atoms with Crippen molar-refractivity contribution >= 4 is 28.8 Å². The van der Waals surface area contributed by atoms with Gasteiger partial charge in [0.05, 0.1) is 11.6 Å². The van der Waals surface area contributed by atoms with Crippen molar-refractivity contribution in [2.45, 2.75) is 12.8 Å². The first-order valence-electron chi connectivity index (χ1n) is 6.70. The molecule has 1 heterocycles. The zero-order valence-electron chi connectivity index (χ0n) is 11.7. The Bertz CT molecular complexity index is 580. The summed E-state index contributed by atoms with van der Waals surface area (Å²) in [6.45, 7) is 0.943. The van der Waals surface area contributed by atoms with Crippen LogP contribution in [0.25, 0.3) is 0 Å². The van der Waals surface area contributed by atoms with E-state index in [9.17, 15) is 13.6 Å². The standard InChI is InChI=1S/C14H17F2N3OS/c1-18-14(20)8-3-2-6-19(7-8)10-5-4-9(13(17)21)11(15)12(10)16/h4-5,8H,2-3,6-7H2,1H3,(H2,17,21)(H,18,20). The highest BCUT2D eigenvalue weighted by atomic mass is 32.1. The van der Waals surface area contributed by atoms with Crippen molar-refractivity contribution in [1.29, 1.82) is 0 Å². The molecule has 1 aromatic carbocycles. The van der Waals surface area contributed by atoms with E-state index in [-0.39, 0.29) is 28.1 Å². The first kappa shape index (κ1) is 15.6. The van der Waals surface area contributed by atoms with Crippen LogP contribution in [-0.4, -0.2) is 31.0 Å². The van der Waals surface area contributed by atoms with Gasteiger partial charge >= 0.3 is 0 Å². The molecule has 0 radical (unpaired) electrons. The molecule has 0 aliphatic carbocycles. The Morgan fingerprint density at radius 3 is 2.76 bits per heavy atom. The second kappa shape index (κ2) is 6.34. The van der Waals surface area contributed by atoms with Crippen molar-refractivity contribution in [2.24, 2.45) is 11.7 Å². The van der Waals surface area contributed by atoms with Gasteiger partial charge in [0.25, 0.3) is 0 Å². The zero-order valence-corrected chi connectivity index (χ0v) is 12.5. The molecule has 1 aliphatic rings. The number of hydrogen-bond acceptors (Lipinski definition) is 3. The highest BCUT2D eigenvalue weighted by molar-refractivity contribution is 7.80. The Balaban J connectivity index is 2.28. The number of hydrogen-bond donors (Lipinski definition) is 2. The van der Waals surface area contributed by atoms with Crippen molar-refractivity contribution in [3.63, 3.8) is 0 Å². The number of halogens is 2. The van der Waals surface area contributed by atoms with Crippen molar-refractivity contribution in [1.82, 2.24) is 5.32 Å². The number of anilines is 1. The third-order valence-electron chi connectivity index (χ3n) is 3.71. The normalized spacial score (nSPS) is 18.4. The molecule has 21 heavy (non-hydrogen) atoms. The van der Waals surface area contributed by atoms with Gasteiger partial charge in [-0.05, 0) is 25.0 Å². The maximum Gasteiger partial charge on any atom is 0.224 e. The number of rotatable bonds is 3. The Hall–Kier alpha value is -1.76. The SMILES string of the molecule is CNC(=O)C1CCCN(c2ccc(C(N)=S)c(F)c2F)C1. The predicted molar refractivity (Wildman–Crippen MR) is 81.2 cm³/mol. The number of amides is 1. The van der Waals surface area contributed by atoms with E-state index >= 15 is 0 Å². The molecule has 3 N–H and O–H groups in total. The highest BCUT2D eigenvalue weighted by Gasteiger charge is 2.28. The number of piperidine rings is 1. The summed E-state index contributed by atoms with van der Waals surface area (Å²) in [6, 6.07) is 2.83. The van der Waals surface area contributed by atoms with E-state index in [1.165, 1.54) is 12.1 Å². The van der Waals surface area contributed by atoms with Crippen molar-refractivity contribution in [3.8, 4) is 0 Å². The smallest absolute Gasteiger partial charge is 0.224 e. The molecule has 0 bridgehead atoms. The molecule has 4 nitrogen and oxygen atoms in total. The summed E-state index contributed by atoms with van der Waals surface area (Å²) in [6.07, 6.45) is 1.49. The van der Waals surface area contributed by atoms with E-state index in [0.717, 1.165) is 12.8 Å². The minimum atomic E-state index is -1.04. The number of nitrogens with two attached hydrogens (primary N) is 1. The van der Waals surface area contributed by atoms with Crippen LogP contribution in [0.1, 0.15) is 18.4 Å². The lowest BCUT2D eigenvalue weighted by molar-refractivity contribution is -0.124. The van der Waals surface area contributed by atoms with Crippen molar-refractivity contribution in [2.75, 3.05) is 25.0 Å². The van der Waals surface area contributed by atoms with E-state index in [1.54, 1.807) is 11.9 Å². The average Bonchev–Trinajstić information content (AvgIpc) is 2.48. The second-order valence-corrected chi connectivity index (χ2v) is 5.46. The molecule has 1 amide bonds. The summed E-state index contributed by atoms with van der Waals surface area (Å²) in [4.78, 5) is 13.2. The van der Waals surface area contributed by atoms with Gasteiger partial charge in [0.2, 0.25) is 5.91 Å². The van der Waals surface area contributed by atoms with Crippen LogP contribution >= 0.6 is 12.2 Å². The molecular formula is C14H17F2N3OS. The third-order valence-corrected chi connectivity index (χ3v) is 3.93. The molecule has 1 aliphatic heterocycles. The molecular weight excluding hydrogens is 296 g/mol. The van der Waals surface area contributed by atoms with E-state index < -0.39 is 11.6 Å². The molecule has 1 fully saturated rings. The van der Waals surface area contributed by atoms with Gasteiger partial charge in [0, 0.05) is 25.7 Å². The van der Waals surface area contributed by atoms with Crippen LogP contribution in [0.15, 0.2) is 12.1 Å². The third kappa shape index (κ3) is 3.12. The van der Waals surface area contributed by atoms with Gasteiger partial charge in [-0.15, -0.1) is 0 Å². The fourth-order valence-electron chi connectivity index (χ4n) is 2.59. The van der Waals surface area contributed by atoms with Crippen LogP contribution in [0.3, 0.4) is 0 Å². The van der Waals surface area contributed by atoms with Crippen molar-refractivity contribution < 1.29 is 13.6 Å². The van der Waals surface area contributed by atoms with Gasteiger partial charge in [0.15, 0.2) is 11.6 Å². The fourth-order valence-corrected chi connectivity index (χ4v) is 2.75. The summed E-state index contributed by atoms with van der Waals surface area (Å²) in [5, 5.41) is 2.59. The summed E-state index contributed by atoms with van der Waals surface area (Å²) in [5.41, 5.74) is 5.38. The summed E-state index contributed by atoms with van der Waals surface area (Å²) >= 11 is 4.68. The molecule has 1 unspecified atom stereocenters. The first-order chi connectivity index (χ1) is 9.95. The minimum absolute atomic E-state index is 0.0830. The number of benzene rings is 1. The van der Waals surface area contributed by atoms with Gasteiger partial charge in [-0.3, -0.25) is 4.79 Å². The predicted octanol–water partition coefficient (Wildman–Crippen LogP) is 1.56. The lowest BCUT2D eigenvalue weighted by Crippen LogP contribution is -2.42. The Morgan fingerprint density at radius 1 is 1.43 bits per heavy atom. The molecule has 0 spiro atoms. The fraction of sp³-hybridized carbons (Fsp3) is 0.429. The van der Waals surface area contributed by atoms with Gasteiger partial charge < -0.3 is 16.0 Å². The van der Waals surface area contributed by atoms with E-state index in [1.807, 2.05) is 0 Å². The first-order valence-corrected chi connectivity index (χ1v) is 7.11. The van der Waals surface area contributed by atoms with E-state index in [0.29, 0.717) is 13.1 Å². The van der Waals surface area contributed by atoms with Gasteiger partial charge in [-0.2, -0.15) is 0 Å². The van der Waals surface area contributed by atoms with Crippen molar-refractivity contribution in [3.05, 3.63) is 29.3 Å².